The topological polar surface area (TPSA) is 21.3 Å². The minimum absolute atomic E-state index is 0.234. The Morgan fingerprint density at radius 3 is 3.00 bits per heavy atom. The lowest BCUT2D eigenvalue weighted by atomic mass is 10.0. The summed E-state index contributed by atoms with van der Waals surface area (Å²) in [7, 11) is 0. The molecule has 1 N–H and O–H groups in total. The van der Waals surface area contributed by atoms with E-state index in [2.05, 4.69) is 28.2 Å². The molecule has 0 saturated carbocycles. The fraction of sp³-hybridized carbons (Fsp3) is 0.500. The zero-order valence-corrected chi connectivity index (χ0v) is 10.8. The summed E-state index contributed by atoms with van der Waals surface area (Å²) in [4.78, 5) is 0. The van der Waals surface area contributed by atoms with E-state index in [4.69, 9.17) is 4.74 Å². The average molecular weight is 288 g/mol. The van der Waals surface area contributed by atoms with E-state index in [1.54, 1.807) is 12.1 Å². The predicted octanol–water partition coefficient (Wildman–Crippen LogP) is 3.43. The summed E-state index contributed by atoms with van der Waals surface area (Å²) in [5.41, 5.74) is 0.938. The van der Waals surface area contributed by atoms with Crippen molar-refractivity contribution in [2.24, 2.45) is 5.92 Å². The average Bonchev–Trinajstić information content (AvgIpc) is 2.77. The van der Waals surface area contributed by atoms with Gasteiger partial charge in [0, 0.05) is 24.3 Å². The molecule has 1 fully saturated rings. The van der Waals surface area contributed by atoms with Crippen molar-refractivity contribution in [2.45, 2.75) is 19.4 Å². The summed E-state index contributed by atoms with van der Waals surface area (Å²) in [6, 6.07) is 5.33. The second kappa shape index (κ2) is 5.15. The van der Waals surface area contributed by atoms with Gasteiger partial charge in [0.2, 0.25) is 0 Å². The summed E-state index contributed by atoms with van der Waals surface area (Å²) >= 11 is 3.18. The fourth-order valence-electron chi connectivity index (χ4n) is 1.91. The third kappa shape index (κ3) is 2.74. The molecule has 2 atom stereocenters. The van der Waals surface area contributed by atoms with Gasteiger partial charge in [0.05, 0.1) is 11.1 Å². The first-order valence-corrected chi connectivity index (χ1v) is 6.25. The van der Waals surface area contributed by atoms with Gasteiger partial charge in [-0.1, -0.05) is 0 Å². The smallest absolute Gasteiger partial charge is 0.137 e. The van der Waals surface area contributed by atoms with Crippen molar-refractivity contribution in [1.29, 1.82) is 0 Å². The number of nitrogens with one attached hydrogen (secondary N) is 1. The minimum Gasteiger partial charge on any atom is -0.382 e. The summed E-state index contributed by atoms with van der Waals surface area (Å²) in [5.74, 6) is 0.311. The number of benzene rings is 1. The molecule has 2 nitrogen and oxygen atoms in total. The summed E-state index contributed by atoms with van der Waals surface area (Å²) in [6.07, 6.45) is 1.09. The molecule has 1 aromatic carbocycles. The quantitative estimate of drug-likeness (QED) is 0.920. The van der Waals surface area contributed by atoms with E-state index in [1.807, 2.05) is 0 Å². The van der Waals surface area contributed by atoms with E-state index in [9.17, 15) is 4.39 Å². The van der Waals surface area contributed by atoms with E-state index in [0.29, 0.717) is 16.4 Å². The number of ether oxygens (including phenoxy) is 1. The van der Waals surface area contributed by atoms with Gasteiger partial charge in [-0.2, -0.15) is 0 Å². The SMILES string of the molecule is CC(Nc1ccc(F)c(Br)c1)C1CCOC1. The number of halogens is 2. The lowest BCUT2D eigenvalue weighted by molar-refractivity contribution is 0.183. The molecule has 0 aromatic heterocycles. The molecule has 0 aliphatic carbocycles. The van der Waals surface area contributed by atoms with Crippen molar-refractivity contribution in [1.82, 2.24) is 0 Å². The van der Waals surface area contributed by atoms with Crippen LogP contribution in [0.15, 0.2) is 22.7 Å². The van der Waals surface area contributed by atoms with Crippen LogP contribution in [-0.4, -0.2) is 19.3 Å². The Morgan fingerprint density at radius 1 is 1.56 bits per heavy atom. The Balaban J connectivity index is 1.99. The van der Waals surface area contributed by atoms with Crippen LogP contribution in [0.25, 0.3) is 0 Å². The molecule has 2 rings (SSSR count). The zero-order chi connectivity index (χ0) is 11.5. The molecule has 0 spiro atoms. The molecule has 1 aromatic rings. The fourth-order valence-corrected chi connectivity index (χ4v) is 2.29. The van der Waals surface area contributed by atoms with Crippen LogP contribution in [0.1, 0.15) is 13.3 Å². The number of rotatable bonds is 3. The van der Waals surface area contributed by atoms with E-state index in [0.717, 1.165) is 25.3 Å². The molecule has 1 aliphatic heterocycles. The van der Waals surface area contributed by atoms with Crippen LogP contribution in [0.2, 0.25) is 0 Å². The van der Waals surface area contributed by atoms with Crippen molar-refractivity contribution in [3.63, 3.8) is 0 Å². The lowest BCUT2D eigenvalue weighted by Gasteiger charge is -2.20. The van der Waals surface area contributed by atoms with Gasteiger partial charge in [0.15, 0.2) is 0 Å². The molecule has 2 unspecified atom stereocenters. The zero-order valence-electron chi connectivity index (χ0n) is 9.17. The third-order valence-corrected chi connectivity index (χ3v) is 3.59. The van der Waals surface area contributed by atoms with Gasteiger partial charge in [-0.3, -0.25) is 0 Å². The van der Waals surface area contributed by atoms with Gasteiger partial charge in [0.25, 0.3) is 0 Å². The predicted molar refractivity (Wildman–Crippen MR) is 66.1 cm³/mol. The monoisotopic (exact) mass is 287 g/mol. The standard InChI is InChI=1S/C12H15BrFNO/c1-8(9-4-5-16-7-9)15-10-2-3-12(14)11(13)6-10/h2-3,6,8-9,15H,4-5,7H2,1H3. The van der Waals surface area contributed by atoms with E-state index >= 15 is 0 Å². The van der Waals surface area contributed by atoms with Gasteiger partial charge in [-0.25, -0.2) is 4.39 Å². The molecular weight excluding hydrogens is 273 g/mol. The first-order valence-electron chi connectivity index (χ1n) is 5.46. The normalized spacial score (nSPS) is 22.1. The molecule has 4 heteroatoms. The van der Waals surface area contributed by atoms with Crippen molar-refractivity contribution < 1.29 is 9.13 Å². The first-order chi connectivity index (χ1) is 7.66. The summed E-state index contributed by atoms with van der Waals surface area (Å²) in [5, 5.41) is 3.38. The van der Waals surface area contributed by atoms with E-state index < -0.39 is 0 Å². The molecular formula is C12H15BrFNO. The van der Waals surface area contributed by atoms with Gasteiger partial charge in [0.1, 0.15) is 5.82 Å². The largest absolute Gasteiger partial charge is 0.382 e. The van der Waals surface area contributed by atoms with E-state index in [-0.39, 0.29) is 5.82 Å². The Labute approximate surface area is 103 Å². The van der Waals surface area contributed by atoms with Crippen LogP contribution in [-0.2, 0) is 4.74 Å². The highest BCUT2D eigenvalue weighted by Gasteiger charge is 2.22. The maximum atomic E-state index is 13.0. The van der Waals surface area contributed by atoms with Crippen molar-refractivity contribution in [2.75, 3.05) is 18.5 Å². The maximum Gasteiger partial charge on any atom is 0.137 e. The van der Waals surface area contributed by atoms with Gasteiger partial charge < -0.3 is 10.1 Å². The van der Waals surface area contributed by atoms with Gasteiger partial charge >= 0.3 is 0 Å². The van der Waals surface area contributed by atoms with Gasteiger partial charge in [-0.05, 0) is 47.5 Å². The highest BCUT2D eigenvalue weighted by atomic mass is 79.9. The van der Waals surface area contributed by atoms with Crippen LogP contribution in [0, 0.1) is 11.7 Å². The van der Waals surface area contributed by atoms with Crippen LogP contribution >= 0.6 is 15.9 Å². The highest BCUT2D eigenvalue weighted by molar-refractivity contribution is 9.10. The molecule has 0 amide bonds. The molecule has 0 bridgehead atoms. The molecule has 1 aliphatic rings. The van der Waals surface area contributed by atoms with Crippen molar-refractivity contribution in [3.05, 3.63) is 28.5 Å². The number of hydrogen-bond donors (Lipinski definition) is 1. The van der Waals surface area contributed by atoms with Crippen molar-refractivity contribution in [3.8, 4) is 0 Å². The third-order valence-electron chi connectivity index (χ3n) is 2.99. The molecule has 16 heavy (non-hydrogen) atoms. The second-order valence-corrected chi connectivity index (χ2v) is 5.04. The van der Waals surface area contributed by atoms with Crippen LogP contribution in [0.3, 0.4) is 0 Å². The minimum atomic E-state index is -0.234. The van der Waals surface area contributed by atoms with Crippen LogP contribution < -0.4 is 5.32 Å². The van der Waals surface area contributed by atoms with Gasteiger partial charge in [-0.15, -0.1) is 0 Å². The molecule has 0 radical (unpaired) electrons. The molecule has 1 saturated heterocycles. The highest BCUT2D eigenvalue weighted by Crippen LogP contribution is 2.23. The summed E-state index contributed by atoms with van der Waals surface area (Å²) < 4.78 is 18.9. The maximum absolute atomic E-state index is 13.0. The van der Waals surface area contributed by atoms with Crippen LogP contribution in [0.4, 0.5) is 10.1 Å². The number of anilines is 1. The Bertz CT molecular complexity index is 366. The number of hydrogen-bond acceptors (Lipinski definition) is 2. The molecule has 88 valence electrons. The Morgan fingerprint density at radius 2 is 2.38 bits per heavy atom. The van der Waals surface area contributed by atoms with E-state index in [1.165, 1.54) is 6.07 Å². The first kappa shape index (κ1) is 11.9. The lowest BCUT2D eigenvalue weighted by Crippen LogP contribution is -2.26. The molecule has 1 heterocycles. The second-order valence-electron chi connectivity index (χ2n) is 4.19. The Kier molecular flexibility index (Phi) is 3.82. The Hall–Kier alpha value is -0.610. The van der Waals surface area contributed by atoms with Crippen molar-refractivity contribution >= 4 is 21.6 Å². The van der Waals surface area contributed by atoms with Crippen LogP contribution in [0.5, 0.6) is 0 Å². The summed E-state index contributed by atoms with van der Waals surface area (Å²) in [6.45, 7) is 3.80.